The van der Waals surface area contributed by atoms with Crippen molar-refractivity contribution in [2.45, 2.75) is 24.7 Å². The first-order valence-electron chi connectivity index (χ1n) is 9.92. The molecule has 156 valence electrons. The van der Waals surface area contributed by atoms with Crippen molar-refractivity contribution in [2.75, 3.05) is 14.2 Å². The highest BCUT2D eigenvalue weighted by Gasteiger charge is 2.40. The first kappa shape index (κ1) is 20.6. The van der Waals surface area contributed by atoms with Gasteiger partial charge in [0.1, 0.15) is 0 Å². The molecule has 2 aromatic rings. The Balaban J connectivity index is 1.73. The van der Waals surface area contributed by atoms with Crippen LogP contribution in [0.1, 0.15) is 29.8 Å². The average Bonchev–Trinajstić information content (AvgIpc) is 2.80. The van der Waals surface area contributed by atoms with Gasteiger partial charge in [-0.15, -0.1) is 0 Å². The summed E-state index contributed by atoms with van der Waals surface area (Å²) in [4.78, 5) is 17.8. The molecule has 0 unspecified atom stereocenters. The molecule has 1 aliphatic heterocycles. The van der Waals surface area contributed by atoms with Crippen LogP contribution in [0.25, 0.3) is 0 Å². The smallest absolute Gasteiger partial charge is 0.247 e. The number of rotatable bonds is 6. The lowest BCUT2D eigenvalue weighted by Gasteiger charge is -2.37. The Morgan fingerprint density at radius 3 is 2.50 bits per heavy atom. The number of aromatic nitrogens is 1. The highest BCUT2D eigenvalue weighted by atomic mass is 79.9. The second-order valence-corrected chi connectivity index (χ2v) is 7.92. The normalized spacial score (nSPS) is 20.6. The number of amides is 1. The number of carbonyl (C=O) groups excluding carboxylic acids is 1. The van der Waals surface area contributed by atoms with Gasteiger partial charge in [-0.05, 0) is 43.2 Å². The topological polar surface area (TPSA) is 64.0 Å². The fourth-order valence-corrected chi connectivity index (χ4v) is 4.37. The third-order valence-electron chi connectivity index (χ3n) is 5.58. The quantitative estimate of drug-likeness (QED) is 0.466. The minimum Gasteiger partial charge on any atom is -0.493 e. The molecule has 0 spiro atoms. The van der Waals surface area contributed by atoms with Crippen molar-refractivity contribution >= 4 is 27.5 Å². The minimum absolute atomic E-state index is 0.0543. The number of halogens is 1. The highest BCUT2D eigenvalue weighted by Crippen LogP contribution is 2.37. The van der Waals surface area contributed by atoms with Crippen molar-refractivity contribution in [1.82, 2.24) is 9.99 Å². The van der Waals surface area contributed by atoms with Crippen molar-refractivity contribution < 1.29 is 14.3 Å². The second-order valence-electron chi connectivity index (χ2n) is 7.36. The Kier molecular flexibility index (Phi) is 6.18. The molecule has 0 fully saturated rings. The van der Waals surface area contributed by atoms with E-state index in [-0.39, 0.29) is 17.7 Å². The van der Waals surface area contributed by atoms with Crippen molar-refractivity contribution in [2.24, 2.45) is 16.9 Å². The van der Waals surface area contributed by atoms with Crippen molar-refractivity contribution in [1.29, 1.82) is 0 Å². The van der Waals surface area contributed by atoms with Crippen LogP contribution in [-0.4, -0.2) is 35.8 Å². The zero-order valence-corrected chi connectivity index (χ0v) is 18.6. The molecule has 0 saturated heterocycles. The molecule has 2 aliphatic rings. The summed E-state index contributed by atoms with van der Waals surface area (Å²) in [6.45, 7) is 0.351. The van der Waals surface area contributed by atoms with Crippen LogP contribution in [0.15, 0.2) is 53.7 Å². The third-order valence-corrected chi connectivity index (χ3v) is 6.15. The molecule has 7 heteroatoms. The number of pyridine rings is 1. The van der Waals surface area contributed by atoms with Crippen molar-refractivity contribution in [3.05, 3.63) is 65.5 Å². The van der Waals surface area contributed by atoms with E-state index in [1.165, 1.54) is 0 Å². The molecule has 30 heavy (non-hydrogen) atoms. The maximum absolute atomic E-state index is 13.2. The van der Waals surface area contributed by atoms with Gasteiger partial charge in [-0.2, -0.15) is 5.10 Å². The summed E-state index contributed by atoms with van der Waals surface area (Å²) in [7, 11) is 3.24. The number of ether oxygens (including phenoxy) is 2. The summed E-state index contributed by atoms with van der Waals surface area (Å²) in [5.74, 6) is 1.31. The SMILES string of the molecule is COc1ccc(C2=NN(Cc3cccc(CBr)n3)C(=O)[C@H]3CC=CC[C@@H]23)cc1OC. The van der Waals surface area contributed by atoms with Crippen LogP contribution in [0.5, 0.6) is 11.5 Å². The molecule has 0 saturated carbocycles. The molecular formula is C23H24BrN3O3. The van der Waals surface area contributed by atoms with Gasteiger partial charge in [0.05, 0.1) is 43.8 Å². The van der Waals surface area contributed by atoms with Crippen molar-refractivity contribution in [3.8, 4) is 11.5 Å². The lowest BCUT2D eigenvalue weighted by molar-refractivity contribution is -0.138. The van der Waals surface area contributed by atoms with E-state index in [4.69, 9.17) is 14.6 Å². The van der Waals surface area contributed by atoms with E-state index >= 15 is 0 Å². The molecule has 6 nitrogen and oxygen atoms in total. The predicted molar refractivity (Wildman–Crippen MR) is 119 cm³/mol. The van der Waals surface area contributed by atoms with Gasteiger partial charge in [0.2, 0.25) is 5.91 Å². The summed E-state index contributed by atoms with van der Waals surface area (Å²) in [5, 5.41) is 7.06. The number of fused-ring (bicyclic) bond motifs is 1. The van der Waals surface area contributed by atoms with Crippen LogP contribution in [0, 0.1) is 11.8 Å². The maximum atomic E-state index is 13.2. The average molecular weight is 470 g/mol. The standard InChI is InChI=1S/C23H24BrN3O3/c1-29-20-11-10-15(12-21(20)30-2)22-18-8-3-4-9-19(18)23(28)27(26-22)14-17-7-5-6-16(13-24)25-17/h3-7,10-12,18-19H,8-9,13-14H2,1-2H3/t18-,19+/m1/s1. The molecule has 1 aromatic heterocycles. The minimum atomic E-state index is -0.116. The number of benzene rings is 1. The van der Waals surface area contributed by atoms with E-state index in [2.05, 4.69) is 33.1 Å². The van der Waals surface area contributed by atoms with Crippen LogP contribution < -0.4 is 9.47 Å². The van der Waals surface area contributed by atoms with Gasteiger partial charge in [-0.1, -0.05) is 34.1 Å². The van der Waals surface area contributed by atoms with E-state index in [1.807, 2.05) is 36.4 Å². The second kappa shape index (κ2) is 9.00. The van der Waals surface area contributed by atoms with Gasteiger partial charge in [-0.3, -0.25) is 9.78 Å². The molecule has 0 radical (unpaired) electrons. The van der Waals surface area contributed by atoms with Crippen LogP contribution in [0.2, 0.25) is 0 Å². The maximum Gasteiger partial charge on any atom is 0.247 e. The van der Waals surface area contributed by atoms with Gasteiger partial charge in [0.15, 0.2) is 11.5 Å². The Hall–Kier alpha value is -2.67. The zero-order chi connectivity index (χ0) is 21.1. The lowest BCUT2D eigenvalue weighted by Crippen LogP contribution is -2.45. The summed E-state index contributed by atoms with van der Waals surface area (Å²) < 4.78 is 10.9. The van der Waals surface area contributed by atoms with E-state index in [9.17, 15) is 4.79 Å². The van der Waals surface area contributed by atoms with Crippen LogP contribution >= 0.6 is 15.9 Å². The largest absolute Gasteiger partial charge is 0.493 e. The molecule has 2 atom stereocenters. The predicted octanol–water partition coefficient (Wildman–Crippen LogP) is 4.32. The number of hydrogen-bond donors (Lipinski definition) is 0. The fourth-order valence-electron chi connectivity index (χ4n) is 4.06. The molecule has 1 aromatic carbocycles. The lowest BCUT2D eigenvalue weighted by atomic mass is 9.76. The Morgan fingerprint density at radius 2 is 1.77 bits per heavy atom. The highest BCUT2D eigenvalue weighted by molar-refractivity contribution is 9.08. The molecular weight excluding hydrogens is 446 g/mol. The molecule has 2 heterocycles. The third kappa shape index (κ3) is 3.99. The van der Waals surface area contributed by atoms with Gasteiger partial charge >= 0.3 is 0 Å². The molecule has 0 N–H and O–H groups in total. The first-order valence-corrected chi connectivity index (χ1v) is 11.0. The molecule has 4 rings (SSSR count). The van der Waals surface area contributed by atoms with E-state index < -0.39 is 0 Å². The Bertz CT molecular complexity index is 1000. The van der Waals surface area contributed by atoms with E-state index in [0.29, 0.717) is 23.4 Å². The Labute approximate surface area is 184 Å². The number of nitrogens with zero attached hydrogens (tertiary/aromatic N) is 3. The van der Waals surface area contributed by atoms with Gasteiger partial charge in [0, 0.05) is 16.8 Å². The number of carbonyl (C=O) groups is 1. The summed E-state index contributed by atoms with van der Waals surface area (Å²) >= 11 is 3.44. The number of methoxy groups -OCH3 is 2. The summed E-state index contributed by atoms with van der Waals surface area (Å²) in [5.41, 5.74) is 3.60. The Morgan fingerprint density at radius 1 is 1.03 bits per heavy atom. The number of hydrazone groups is 1. The first-order chi connectivity index (χ1) is 14.6. The molecule has 0 bridgehead atoms. The number of allylic oxidation sites excluding steroid dienone is 2. The monoisotopic (exact) mass is 469 g/mol. The summed E-state index contributed by atoms with van der Waals surface area (Å²) in [6.07, 6.45) is 5.76. The van der Waals surface area contributed by atoms with E-state index in [0.717, 1.165) is 35.5 Å². The van der Waals surface area contributed by atoms with Crippen LogP contribution in [-0.2, 0) is 16.7 Å². The van der Waals surface area contributed by atoms with Crippen LogP contribution in [0.3, 0.4) is 0 Å². The fraction of sp³-hybridized carbons (Fsp3) is 0.348. The van der Waals surface area contributed by atoms with Crippen LogP contribution in [0.4, 0.5) is 0 Å². The van der Waals surface area contributed by atoms with Gasteiger partial charge < -0.3 is 9.47 Å². The number of alkyl halides is 1. The molecule has 1 amide bonds. The number of hydrogen-bond acceptors (Lipinski definition) is 5. The van der Waals surface area contributed by atoms with Gasteiger partial charge in [-0.25, -0.2) is 5.01 Å². The molecule has 1 aliphatic carbocycles. The van der Waals surface area contributed by atoms with Gasteiger partial charge in [0.25, 0.3) is 0 Å². The van der Waals surface area contributed by atoms with E-state index in [1.54, 1.807) is 19.2 Å². The zero-order valence-electron chi connectivity index (χ0n) is 17.0. The summed E-state index contributed by atoms with van der Waals surface area (Å²) in [6, 6.07) is 11.6. The van der Waals surface area contributed by atoms with Crippen molar-refractivity contribution in [3.63, 3.8) is 0 Å².